The number of hydrogen-bond donors (Lipinski definition) is 3. The molecule has 1 amide bonds. The predicted molar refractivity (Wildman–Crippen MR) is 266 cm³/mol. The molecular weight excluding hydrogens is 735 g/mol. The molecule has 3 N–H and O–H groups in total. The van der Waals surface area contributed by atoms with E-state index in [9.17, 15) is 15.0 Å². The number of nitrogens with one attached hydrogen (secondary N) is 1. The molecule has 0 fully saturated rings. The smallest absolute Gasteiger partial charge is 0.220 e. The number of aliphatic hydroxyl groups is 2. The summed E-state index contributed by atoms with van der Waals surface area (Å²) in [6, 6.07) is -0.660. The zero-order chi connectivity index (χ0) is 43.5. The van der Waals surface area contributed by atoms with Crippen molar-refractivity contribution in [3.8, 4) is 0 Å². The fourth-order valence-corrected chi connectivity index (χ4v) is 7.23. The van der Waals surface area contributed by atoms with E-state index in [0.717, 1.165) is 70.6 Å². The number of allylic oxidation sites excluding steroid dienone is 15. The number of carbonyl (C=O) groups is 1. The van der Waals surface area contributed by atoms with Crippen molar-refractivity contribution in [2.45, 2.75) is 244 Å². The van der Waals surface area contributed by atoms with E-state index in [1.165, 1.54) is 141 Å². The molecule has 0 bridgehead atoms. The van der Waals surface area contributed by atoms with Gasteiger partial charge in [0, 0.05) is 6.42 Å². The Balaban J connectivity index is 3.66. The molecule has 0 aromatic carbocycles. The molecule has 2 unspecified atom stereocenters. The quantitative estimate of drug-likeness (QED) is 0.0423. The van der Waals surface area contributed by atoms with Gasteiger partial charge in [-0.2, -0.15) is 0 Å². The summed E-state index contributed by atoms with van der Waals surface area (Å²) in [5, 5.41) is 23.1. The van der Waals surface area contributed by atoms with E-state index in [1.807, 2.05) is 6.08 Å². The minimum atomic E-state index is -0.871. The van der Waals surface area contributed by atoms with Gasteiger partial charge in [0.15, 0.2) is 0 Å². The molecule has 4 heteroatoms. The normalized spacial score (nSPS) is 13.7. The van der Waals surface area contributed by atoms with E-state index < -0.39 is 12.1 Å². The van der Waals surface area contributed by atoms with Crippen LogP contribution in [-0.4, -0.2) is 34.9 Å². The molecule has 4 nitrogen and oxygen atoms in total. The second kappa shape index (κ2) is 50.7. The van der Waals surface area contributed by atoms with E-state index in [1.54, 1.807) is 6.08 Å². The molecule has 0 aliphatic heterocycles. The molecule has 0 rings (SSSR count). The molecule has 0 radical (unpaired) electrons. The minimum Gasteiger partial charge on any atom is -0.394 e. The third-order valence-electron chi connectivity index (χ3n) is 11.1. The lowest BCUT2D eigenvalue weighted by Crippen LogP contribution is -2.45. The number of unbranched alkanes of at least 4 members (excludes halogenated alkanes) is 24. The Bertz CT molecular complexity index is 1130. The van der Waals surface area contributed by atoms with E-state index in [-0.39, 0.29) is 12.5 Å². The number of carbonyl (C=O) groups excluding carboxylic acids is 1. The average molecular weight is 832 g/mol. The molecule has 0 aromatic rings. The lowest BCUT2D eigenvalue weighted by Gasteiger charge is -2.19. The monoisotopic (exact) mass is 832 g/mol. The van der Waals surface area contributed by atoms with Gasteiger partial charge in [0.2, 0.25) is 5.91 Å². The second-order valence-corrected chi connectivity index (χ2v) is 16.9. The van der Waals surface area contributed by atoms with Gasteiger partial charge >= 0.3 is 0 Å². The maximum atomic E-state index is 12.4. The summed E-state index contributed by atoms with van der Waals surface area (Å²) in [5.41, 5.74) is 0. The maximum Gasteiger partial charge on any atom is 0.220 e. The average Bonchev–Trinajstić information content (AvgIpc) is 3.25. The molecular formula is C56H97NO3. The SMILES string of the molecule is CC/C=C\C/C=C\C/C=C\C/C=C\C/C=C\C/C=C\C/C=C\CCCC(=O)NC(CO)C(O)/C=C/CCCCCCCCCCCCCCCCCCCCCCCCC. The van der Waals surface area contributed by atoms with Crippen molar-refractivity contribution >= 4 is 5.91 Å². The lowest BCUT2D eigenvalue weighted by molar-refractivity contribution is -0.122. The fraction of sp³-hybridized carbons (Fsp3) is 0.696. The highest BCUT2D eigenvalue weighted by molar-refractivity contribution is 5.76. The standard InChI is InChI=1S/C56H97NO3/c1-3-5-7-9-11-13-15-17-19-21-23-25-27-28-30-31-33-35-37-39-41-43-45-47-49-51-55(59)54(53-58)57-56(60)52-50-48-46-44-42-40-38-36-34-32-29-26-24-22-20-18-16-14-12-10-8-6-4-2/h6,8,12,14,18,20,24,26,32,34,38,40,44,46,49,51,54-55,58-59H,3-5,7,9-11,13,15-17,19,21-23,25,27-31,33,35-37,39,41-43,45,47-48,50,52-53H2,1-2H3,(H,57,60)/b8-6-,14-12-,20-18-,26-24-,34-32-,40-38-,46-44-,51-49+. The van der Waals surface area contributed by atoms with Crippen molar-refractivity contribution in [2.24, 2.45) is 0 Å². The van der Waals surface area contributed by atoms with Gasteiger partial charge in [-0.15, -0.1) is 0 Å². The van der Waals surface area contributed by atoms with Gasteiger partial charge < -0.3 is 15.5 Å². The van der Waals surface area contributed by atoms with E-state index in [2.05, 4.69) is 104 Å². The first-order valence-corrected chi connectivity index (χ1v) is 25.5. The van der Waals surface area contributed by atoms with Crippen molar-refractivity contribution in [1.29, 1.82) is 0 Å². The zero-order valence-electron chi connectivity index (χ0n) is 39.4. The largest absolute Gasteiger partial charge is 0.394 e. The first-order valence-electron chi connectivity index (χ1n) is 25.5. The van der Waals surface area contributed by atoms with Gasteiger partial charge in [-0.1, -0.05) is 252 Å². The molecule has 0 spiro atoms. The Morgan fingerprint density at radius 2 is 0.733 bits per heavy atom. The number of amides is 1. The highest BCUT2D eigenvalue weighted by Gasteiger charge is 2.17. The topological polar surface area (TPSA) is 69.6 Å². The maximum absolute atomic E-state index is 12.4. The van der Waals surface area contributed by atoms with Gasteiger partial charge in [-0.05, 0) is 70.6 Å². The van der Waals surface area contributed by atoms with Crippen LogP contribution in [0.25, 0.3) is 0 Å². The molecule has 0 aliphatic carbocycles. The Morgan fingerprint density at radius 1 is 0.417 bits per heavy atom. The zero-order valence-corrected chi connectivity index (χ0v) is 39.4. The number of hydrogen-bond acceptors (Lipinski definition) is 3. The Labute approximate surface area is 373 Å². The van der Waals surface area contributed by atoms with Gasteiger partial charge in [-0.25, -0.2) is 0 Å². The van der Waals surface area contributed by atoms with Crippen molar-refractivity contribution in [2.75, 3.05) is 6.61 Å². The van der Waals surface area contributed by atoms with E-state index in [0.29, 0.717) is 6.42 Å². The minimum absolute atomic E-state index is 0.123. The first kappa shape index (κ1) is 57.3. The molecule has 0 saturated carbocycles. The van der Waals surface area contributed by atoms with Crippen LogP contribution >= 0.6 is 0 Å². The Kier molecular flexibility index (Phi) is 48.4. The van der Waals surface area contributed by atoms with Crippen LogP contribution in [0.1, 0.15) is 232 Å². The van der Waals surface area contributed by atoms with Crippen molar-refractivity contribution in [3.05, 3.63) is 97.2 Å². The molecule has 2 atom stereocenters. The van der Waals surface area contributed by atoms with Crippen LogP contribution < -0.4 is 5.32 Å². The summed E-state index contributed by atoms with van der Waals surface area (Å²) < 4.78 is 0. The van der Waals surface area contributed by atoms with Crippen molar-refractivity contribution < 1.29 is 15.0 Å². The summed E-state index contributed by atoms with van der Waals surface area (Å²) in [6.07, 6.45) is 75.5. The summed E-state index contributed by atoms with van der Waals surface area (Å²) in [5.74, 6) is -0.123. The Hall–Kier alpha value is -2.69. The summed E-state index contributed by atoms with van der Waals surface area (Å²) in [6.45, 7) is 4.18. The van der Waals surface area contributed by atoms with Gasteiger partial charge in [0.1, 0.15) is 0 Å². The van der Waals surface area contributed by atoms with Crippen LogP contribution in [0.2, 0.25) is 0 Å². The van der Waals surface area contributed by atoms with Crippen LogP contribution in [-0.2, 0) is 4.79 Å². The Morgan fingerprint density at radius 3 is 1.08 bits per heavy atom. The summed E-state index contributed by atoms with van der Waals surface area (Å²) in [7, 11) is 0. The van der Waals surface area contributed by atoms with Crippen LogP contribution in [0.15, 0.2) is 97.2 Å². The highest BCUT2D eigenvalue weighted by Crippen LogP contribution is 2.16. The molecule has 0 heterocycles. The third-order valence-corrected chi connectivity index (χ3v) is 11.1. The summed E-state index contributed by atoms with van der Waals surface area (Å²) in [4.78, 5) is 12.4. The van der Waals surface area contributed by atoms with Gasteiger partial charge in [-0.3, -0.25) is 4.79 Å². The predicted octanol–water partition coefficient (Wildman–Crippen LogP) is 16.6. The van der Waals surface area contributed by atoms with Gasteiger partial charge in [0.25, 0.3) is 0 Å². The van der Waals surface area contributed by atoms with Crippen molar-refractivity contribution in [3.63, 3.8) is 0 Å². The lowest BCUT2D eigenvalue weighted by atomic mass is 10.0. The fourth-order valence-electron chi connectivity index (χ4n) is 7.23. The molecule has 0 aliphatic rings. The van der Waals surface area contributed by atoms with Crippen molar-refractivity contribution in [1.82, 2.24) is 5.32 Å². The van der Waals surface area contributed by atoms with Crippen LogP contribution in [0, 0.1) is 0 Å². The van der Waals surface area contributed by atoms with E-state index in [4.69, 9.17) is 0 Å². The van der Waals surface area contributed by atoms with Crippen LogP contribution in [0.5, 0.6) is 0 Å². The summed E-state index contributed by atoms with van der Waals surface area (Å²) >= 11 is 0. The molecule has 60 heavy (non-hydrogen) atoms. The first-order chi connectivity index (χ1) is 29.7. The van der Waals surface area contributed by atoms with Gasteiger partial charge in [0.05, 0.1) is 18.8 Å². The highest BCUT2D eigenvalue weighted by atomic mass is 16.3. The van der Waals surface area contributed by atoms with E-state index >= 15 is 0 Å². The third kappa shape index (κ3) is 46.4. The molecule has 344 valence electrons. The van der Waals surface area contributed by atoms with Crippen LogP contribution in [0.3, 0.4) is 0 Å². The molecule has 0 aromatic heterocycles. The number of rotatable bonds is 45. The number of aliphatic hydroxyl groups excluding tert-OH is 2. The molecule has 0 saturated heterocycles. The second-order valence-electron chi connectivity index (χ2n) is 16.9. The van der Waals surface area contributed by atoms with Crippen LogP contribution in [0.4, 0.5) is 0 Å².